The van der Waals surface area contributed by atoms with E-state index in [0.29, 0.717) is 23.9 Å². The summed E-state index contributed by atoms with van der Waals surface area (Å²) >= 11 is 7.50. The fourth-order valence-electron chi connectivity index (χ4n) is 3.01. The Labute approximate surface area is 179 Å². The van der Waals surface area contributed by atoms with Crippen LogP contribution in [0.2, 0.25) is 5.02 Å². The minimum atomic E-state index is -0.00628. The normalized spacial score (nSPS) is 17.3. The molecule has 150 valence electrons. The van der Waals surface area contributed by atoms with Crippen molar-refractivity contribution < 1.29 is 14.3 Å². The maximum absolute atomic E-state index is 12.4. The van der Waals surface area contributed by atoms with Crippen molar-refractivity contribution in [2.24, 2.45) is 4.99 Å². The van der Waals surface area contributed by atoms with E-state index in [1.54, 1.807) is 28.8 Å². The maximum atomic E-state index is 12.4. The highest BCUT2D eigenvalue weighted by molar-refractivity contribution is 8.13. The smallest absolute Gasteiger partial charge is 0.278 e. The Morgan fingerprint density at radius 2 is 1.69 bits per heavy atom. The number of hydrogen-bond acceptors (Lipinski definition) is 5. The summed E-state index contributed by atoms with van der Waals surface area (Å²) in [6, 6.07) is 15.0. The van der Waals surface area contributed by atoms with Crippen molar-refractivity contribution in [3.8, 4) is 11.5 Å². The Morgan fingerprint density at radius 1 is 1.03 bits per heavy atom. The molecule has 7 heteroatoms. The van der Waals surface area contributed by atoms with Crippen LogP contribution in [-0.2, 0) is 4.79 Å². The van der Waals surface area contributed by atoms with Gasteiger partial charge in [0.25, 0.3) is 5.91 Å². The number of carbonyl (C=O) groups is 1. The molecule has 4 rings (SSSR count). The molecule has 2 heterocycles. The molecule has 2 aliphatic heterocycles. The van der Waals surface area contributed by atoms with E-state index in [9.17, 15) is 4.79 Å². The van der Waals surface area contributed by atoms with Gasteiger partial charge in [-0.15, -0.1) is 0 Å². The first-order valence-electron chi connectivity index (χ1n) is 9.55. The van der Waals surface area contributed by atoms with E-state index >= 15 is 0 Å². The molecule has 5 nitrogen and oxygen atoms in total. The minimum absolute atomic E-state index is 0.00628. The first-order chi connectivity index (χ1) is 14.2. The van der Waals surface area contributed by atoms with Crippen LogP contribution in [0.5, 0.6) is 11.5 Å². The zero-order valence-corrected chi connectivity index (χ0v) is 17.4. The molecule has 29 heavy (non-hydrogen) atoms. The first kappa shape index (κ1) is 19.9. The molecule has 1 fully saturated rings. The summed E-state index contributed by atoms with van der Waals surface area (Å²) in [5.41, 5.74) is 1.43. The second kappa shape index (κ2) is 9.37. The van der Waals surface area contributed by atoms with Gasteiger partial charge < -0.3 is 9.47 Å². The van der Waals surface area contributed by atoms with Crippen LogP contribution in [0.4, 0.5) is 0 Å². The fraction of sp³-hybridized carbons (Fsp3) is 0.273. The Balaban J connectivity index is 1.24. The monoisotopic (exact) mass is 428 g/mol. The molecular formula is C22H21ClN2O3S. The molecule has 2 aliphatic rings. The number of thioether (sulfide) groups is 1. The second-order valence-corrected chi connectivity index (χ2v) is 8.15. The third-order valence-electron chi connectivity index (χ3n) is 4.49. The van der Waals surface area contributed by atoms with Crippen molar-refractivity contribution in [1.29, 1.82) is 0 Å². The van der Waals surface area contributed by atoms with Crippen LogP contribution in [0.15, 0.2) is 59.2 Å². The summed E-state index contributed by atoms with van der Waals surface area (Å²) in [5, 5.41) is 1.52. The maximum Gasteiger partial charge on any atom is 0.278 e. The number of nitrogens with zero attached hydrogens (tertiary/aromatic N) is 2. The van der Waals surface area contributed by atoms with E-state index in [4.69, 9.17) is 21.1 Å². The fourth-order valence-corrected chi connectivity index (χ4v) is 4.09. The van der Waals surface area contributed by atoms with Crippen LogP contribution >= 0.6 is 23.4 Å². The third-order valence-corrected chi connectivity index (χ3v) is 5.81. The number of rotatable bonds is 7. The summed E-state index contributed by atoms with van der Waals surface area (Å²) in [7, 11) is 0. The molecule has 2 aromatic carbocycles. The molecule has 0 atom stereocenters. The molecule has 1 amide bonds. The number of aliphatic imine (C=N–C) groups is 1. The highest BCUT2D eigenvalue weighted by Gasteiger charge is 2.32. The summed E-state index contributed by atoms with van der Waals surface area (Å²) in [6.07, 6.45) is 3.62. The van der Waals surface area contributed by atoms with Crippen molar-refractivity contribution in [2.75, 3.05) is 25.5 Å². The van der Waals surface area contributed by atoms with Crippen LogP contribution < -0.4 is 9.47 Å². The van der Waals surface area contributed by atoms with Crippen molar-refractivity contribution in [1.82, 2.24) is 4.90 Å². The van der Waals surface area contributed by atoms with Crippen molar-refractivity contribution in [2.45, 2.75) is 12.8 Å². The van der Waals surface area contributed by atoms with Crippen LogP contribution in [-0.4, -0.2) is 41.5 Å². The molecule has 0 radical (unpaired) electrons. The van der Waals surface area contributed by atoms with Gasteiger partial charge in [0, 0.05) is 23.7 Å². The summed E-state index contributed by atoms with van der Waals surface area (Å²) in [5.74, 6) is 2.60. The molecule has 0 bridgehead atoms. The van der Waals surface area contributed by atoms with E-state index in [0.717, 1.165) is 47.4 Å². The molecule has 0 saturated carbocycles. The molecule has 2 aromatic rings. The SMILES string of the molecule is O=C1/C(=C/c2ccc(OCCCOc3ccc(Cl)cc3)cc2)N=C2SCCCN12. The number of benzene rings is 2. The molecule has 1 saturated heterocycles. The van der Waals surface area contributed by atoms with Gasteiger partial charge in [-0.25, -0.2) is 4.99 Å². The van der Waals surface area contributed by atoms with Gasteiger partial charge in [0.15, 0.2) is 5.17 Å². The van der Waals surface area contributed by atoms with Gasteiger partial charge in [-0.05, 0) is 54.5 Å². The van der Waals surface area contributed by atoms with Crippen LogP contribution in [0, 0.1) is 0 Å². The van der Waals surface area contributed by atoms with Gasteiger partial charge in [0.2, 0.25) is 0 Å². The highest BCUT2D eigenvalue weighted by Crippen LogP contribution is 2.28. The lowest BCUT2D eigenvalue weighted by Gasteiger charge is -2.21. The Hall–Kier alpha value is -2.44. The quantitative estimate of drug-likeness (QED) is 0.466. The molecule has 0 N–H and O–H groups in total. The molecule has 0 aromatic heterocycles. The lowest BCUT2D eigenvalue weighted by atomic mass is 10.2. The predicted molar refractivity (Wildman–Crippen MR) is 118 cm³/mol. The number of halogens is 1. The van der Waals surface area contributed by atoms with E-state index in [2.05, 4.69) is 4.99 Å². The lowest BCUT2D eigenvalue weighted by Crippen LogP contribution is -2.34. The van der Waals surface area contributed by atoms with E-state index < -0.39 is 0 Å². The van der Waals surface area contributed by atoms with E-state index in [1.807, 2.05) is 42.5 Å². The summed E-state index contributed by atoms with van der Waals surface area (Å²) in [4.78, 5) is 18.7. The number of amidine groups is 1. The van der Waals surface area contributed by atoms with Gasteiger partial charge in [0.1, 0.15) is 17.2 Å². The molecule has 0 spiro atoms. The molecule has 0 aliphatic carbocycles. The summed E-state index contributed by atoms with van der Waals surface area (Å²) < 4.78 is 11.4. The average Bonchev–Trinajstić information content (AvgIpc) is 3.06. The number of carbonyl (C=O) groups excluding carboxylic acids is 1. The van der Waals surface area contributed by atoms with Gasteiger partial charge >= 0.3 is 0 Å². The van der Waals surface area contributed by atoms with Crippen molar-refractivity contribution >= 4 is 40.5 Å². The zero-order valence-electron chi connectivity index (χ0n) is 15.8. The van der Waals surface area contributed by atoms with Crippen molar-refractivity contribution in [3.63, 3.8) is 0 Å². The van der Waals surface area contributed by atoms with E-state index in [1.165, 1.54) is 0 Å². The predicted octanol–water partition coefficient (Wildman–Crippen LogP) is 4.86. The highest BCUT2D eigenvalue weighted by atomic mass is 35.5. The number of fused-ring (bicyclic) bond motifs is 1. The molecule has 0 unspecified atom stereocenters. The minimum Gasteiger partial charge on any atom is -0.493 e. The topological polar surface area (TPSA) is 51.1 Å². The summed E-state index contributed by atoms with van der Waals surface area (Å²) in [6.45, 7) is 1.89. The zero-order chi connectivity index (χ0) is 20.1. The van der Waals surface area contributed by atoms with Gasteiger partial charge in [-0.2, -0.15) is 0 Å². The van der Waals surface area contributed by atoms with Crippen molar-refractivity contribution in [3.05, 3.63) is 64.8 Å². The van der Waals surface area contributed by atoms with Crippen LogP contribution in [0.25, 0.3) is 6.08 Å². The Morgan fingerprint density at radius 3 is 2.34 bits per heavy atom. The largest absolute Gasteiger partial charge is 0.493 e. The Kier molecular flexibility index (Phi) is 6.42. The van der Waals surface area contributed by atoms with Gasteiger partial charge in [-0.1, -0.05) is 35.5 Å². The number of amides is 1. The van der Waals surface area contributed by atoms with Gasteiger partial charge in [-0.3, -0.25) is 9.69 Å². The third kappa shape index (κ3) is 5.14. The van der Waals surface area contributed by atoms with Crippen LogP contribution in [0.3, 0.4) is 0 Å². The van der Waals surface area contributed by atoms with Crippen LogP contribution in [0.1, 0.15) is 18.4 Å². The standard InChI is InChI=1S/C22H21ClN2O3S/c23-17-5-9-19(10-6-17)28-13-2-12-27-18-7-3-16(4-8-18)15-20-21(26)25-11-1-14-29-22(25)24-20/h3-10,15H,1-2,11-14H2/b20-15-. The van der Waals surface area contributed by atoms with E-state index in [-0.39, 0.29) is 5.91 Å². The lowest BCUT2D eigenvalue weighted by molar-refractivity contribution is -0.122. The second-order valence-electron chi connectivity index (χ2n) is 6.66. The average molecular weight is 429 g/mol. The van der Waals surface area contributed by atoms with Gasteiger partial charge in [0.05, 0.1) is 13.2 Å². The number of ether oxygens (including phenoxy) is 2. The number of hydrogen-bond donors (Lipinski definition) is 0. The Bertz CT molecular complexity index is 926. The molecular weight excluding hydrogens is 408 g/mol. The first-order valence-corrected chi connectivity index (χ1v) is 10.9.